The predicted molar refractivity (Wildman–Crippen MR) is 183 cm³/mol. The van der Waals surface area contributed by atoms with Gasteiger partial charge in [-0.15, -0.1) is 0 Å². The summed E-state index contributed by atoms with van der Waals surface area (Å²) in [6.45, 7) is 2.92. The molecule has 12 nitrogen and oxygen atoms in total. The highest BCUT2D eigenvalue weighted by Crippen LogP contribution is 2.31. The van der Waals surface area contributed by atoms with E-state index in [0.717, 1.165) is 21.2 Å². The van der Waals surface area contributed by atoms with Gasteiger partial charge < -0.3 is 24.7 Å². The van der Waals surface area contributed by atoms with Crippen molar-refractivity contribution in [1.82, 2.24) is 19.9 Å². The zero-order valence-electron chi connectivity index (χ0n) is 26.1. The van der Waals surface area contributed by atoms with Gasteiger partial charge in [0, 0.05) is 23.0 Å². The van der Waals surface area contributed by atoms with Crippen LogP contribution in [0.2, 0.25) is 0 Å². The lowest BCUT2D eigenvalue weighted by atomic mass is 10.1. The van der Waals surface area contributed by atoms with Crippen molar-refractivity contribution in [2.75, 3.05) is 32.5 Å². The number of rotatable bonds is 13. The number of ether oxygens (including phenoxy) is 1. The van der Waals surface area contributed by atoms with Crippen molar-refractivity contribution in [3.8, 4) is 17.6 Å². The lowest BCUT2D eigenvalue weighted by Crippen LogP contribution is -2.41. The lowest BCUT2D eigenvalue weighted by Gasteiger charge is -2.28. The number of likely N-dealkylation sites (N-methyl/N-ethyl adjacent to an activating group) is 1. The van der Waals surface area contributed by atoms with E-state index in [1.54, 1.807) is 25.4 Å². The standard InChI is InChI=1S/C34H32BrN8O4/c1-4-8-24-15-23(34(41-24)42(45)46)20-43(2,3)14-7-10-28(44)16-27-17-29-31(19-37-27)38-22-39-33(29)40-25-11-12-32(30(35)18-25)47-21-26-9-5-6-13-36-26/h5-7,9-13,17-19,22H,14-16,20-21H2,1-3H3,(H,38,39,40)/q+1/b10-7+. The van der Waals surface area contributed by atoms with Crippen molar-refractivity contribution in [3.63, 3.8) is 0 Å². The Hall–Kier alpha value is -5.32. The van der Waals surface area contributed by atoms with Gasteiger partial charge in [-0.1, -0.05) is 12.0 Å². The largest absolute Gasteiger partial charge is 0.486 e. The smallest absolute Gasteiger partial charge is 0.369 e. The molecule has 0 radical (unpaired) electrons. The first-order valence-electron chi connectivity index (χ1n) is 14.7. The van der Waals surface area contributed by atoms with Crippen molar-refractivity contribution < 1.29 is 18.9 Å². The Kier molecular flexibility index (Phi) is 10.4. The molecule has 1 N–H and O–H groups in total. The number of quaternary nitrogens is 1. The van der Waals surface area contributed by atoms with E-state index in [-0.39, 0.29) is 18.0 Å². The van der Waals surface area contributed by atoms with E-state index >= 15 is 0 Å². The Morgan fingerprint density at radius 2 is 2.00 bits per heavy atom. The fourth-order valence-corrected chi connectivity index (χ4v) is 5.49. The minimum atomic E-state index is -0.461. The number of carbonyl (C=O) groups excluding carboxylic acids is 1. The van der Waals surface area contributed by atoms with E-state index in [4.69, 9.17) is 4.74 Å². The minimum absolute atomic E-state index is 0.0889. The third-order valence-corrected chi connectivity index (χ3v) is 7.75. The highest BCUT2D eigenvalue weighted by molar-refractivity contribution is 9.10. The van der Waals surface area contributed by atoms with E-state index in [1.165, 1.54) is 12.4 Å². The van der Waals surface area contributed by atoms with Crippen molar-refractivity contribution in [1.29, 1.82) is 0 Å². The molecule has 0 atom stereocenters. The number of benzene rings is 1. The lowest BCUT2D eigenvalue weighted by molar-refractivity contribution is -0.880. The van der Waals surface area contributed by atoms with Crippen LogP contribution in [0, 0.1) is 22.0 Å². The Labute approximate surface area is 280 Å². The molecular weight excluding hydrogens is 664 g/mol. The van der Waals surface area contributed by atoms with Gasteiger partial charge in [-0.2, -0.15) is 0 Å². The van der Waals surface area contributed by atoms with Crippen LogP contribution in [0.25, 0.3) is 10.9 Å². The van der Waals surface area contributed by atoms with Gasteiger partial charge in [-0.3, -0.25) is 14.8 Å². The fraction of sp³-hybridized carbons (Fsp3) is 0.235. The summed E-state index contributed by atoms with van der Waals surface area (Å²) in [7, 11) is 3.90. The summed E-state index contributed by atoms with van der Waals surface area (Å²) in [4.78, 5) is 45.5. The Morgan fingerprint density at radius 3 is 2.74 bits per heavy atom. The molecule has 4 aromatic rings. The number of nitrogens with one attached hydrogen (secondary N) is 1. The van der Waals surface area contributed by atoms with Gasteiger partial charge in [0.2, 0.25) is 5.71 Å². The molecule has 0 saturated carbocycles. The molecule has 238 valence electrons. The first kappa shape index (κ1) is 33.1. The van der Waals surface area contributed by atoms with Gasteiger partial charge in [-0.25, -0.2) is 9.97 Å². The highest BCUT2D eigenvalue weighted by Gasteiger charge is 2.32. The summed E-state index contributed by atoms with van der Waals surface area (Å²) < 4.78 is 7.08. The number of fused-ring (bicyclic) bond motifs is 1. The molecule has 0 saturated heterocycles. The van der Waals surface area contributed by atoms with Gasteiger partial charge in [0.15, 0.2) is 5.78 Å². The number of halogens is 1. The van der Waals surface area contributed by atoms with Crippen molar-refractivity contribution in [3.05, 3.63) is 111 Å². The van der Waals surface area contributed by atoms with Gasteiger partial charge in [0.25, 0.3) is 0 Å². The molecule has 0 fully saturated rings. The number of ketones is 1. The summed E-state index contributed by atoms with van der Waals surface area (Å²) in [5, 5.41) is 15.6. The minimum Gasteiger partial charge on any atom is -0.486 e. The molecule has 0 spiro atoms. The van der Waals surface area contributed by atoms with Crippen LogP contribution in [0.5, 0.6) is 5.75 Å². The van der Waals surface area contributed by atoms with E-state index in [2.05, 4.69) is 58.0 Å². The third-order valence-electron chi connectivity index (χ3n) is 7.13. The van der Waals surface area contributed by atoms with Gasteiger partial charge in [0.05, 0.1) is 60.9 Å². The number of hydrogen-bond donors (Lipinski definition) is 1. The second-order valence-electron chi connectivity index (χ2n) is 11.4. The average molecular weight is 697 g/mol. The molecule has 1 aliphatic rings. The number of carbonyl (C=O) groups is 1. The number of aromatic nitrogens is 4. The molecule has 1 aromatic carbocycles. The Morgan fingerprint density at radius 1 is 1.15 bits per heavy atom. The normalized spacial score (nSPS) is 13.0. The zero-order chi connectivity index (χ0) is 33.4. The van der Waals surface area contributed by atoms with Crippen LogP contribution in [0.4, 0.5) is 11.5 Å². The van der Waals surface area contributed by atoms with Gasteiger partial charge in [0.1, 0.15) is 31.0 Å². The number of nitrogens with zero attached hydrogens (tertiary/aromatic N) is 7. The summed E-state index contributed by atoms with van der Waals surface area (Å²) in [5.74, 6) is 6.57. The molecule has 4 heterocycles. The quantitative estimate of drug-likeness (QED) is 0.0620. The SMILES string of the molecule is CC#CC1=NC([N+](=O)[O-])=C(C[N+](C)(C)C/C=C/C(=O)Cc2cc3c(Nc4ccc(OCc5ccccn5)c(Br)c4)ncnc3cn2)C1. The maximum atomic E-state index is 12.9. The summed E-state index contributed by atoms with van der Waals surface area (Å²) >= 11 is 3.58. The average Bonchev–Trinajstić information content (AvgIpc) is 3.43. The third kappa shape index (κ3) is 8.90. The number of nitro groups is 1. The Balaban J connectivity index is 1.21. The molecule has 0 aliphatic carbocycles. The topological polar surface area (TPSA) is 145 Å². The van der Waals surface area contributed by atoms with Crippen molar-refractivity contribution in [2.45, 2.75) is 26.4 Å². The fourth-order valence-electron chi connectivity index (χ4n) is 4.99. The summed E-state index contributed by atoms with van der Waals surface area (Å²) in [6.07, 6.45) is 8.58. The van der Waals surface area contributed by atoms with Gasteiger partial charge in [-0.05, 0) is 87.2 Å². The van der Waals surface area contributed by atoms with Crippen LogP contribution < -0.4 is 10.1 Å². The first-order chi connectivity index (χ1) is 22.6. The van der Waals surface area contributed by atoms with Crippen LogP contribution in [0.15, 0.2) is 94.2 Å². The molecule has 5 rings (SSSR count). The maximum absolute atomic E-state index is 12.9. The molecule has 0 bridgehead atoms. The number of anilines is 2. The second kappa shape index (κ2) is 14.8. The molecule has 13 heteroatoms. The van der Waals surface area contributed by atoms with Crippen LogP contribution in [-0.2, 0) is 17.8 Å². The maximum Gasteiger partial charge on any atom is 0.369 e. The molecule has 47 heavy (non-hydrogen) atoms. The summed E-state index contributed by atoms with van der Waals surface area (Å²) in [6, 6.07) is 13.1. The van der Waals surface area contributed by atoms with E-state index in [9.17, 15) is 14.9 Å². The number of allylic oxidation sites excluding steroid dienone is 1. The second-order valence-corrected chi connectivity index (χ2v) is 12.3. The number of hydrogen-bond acceptors (Lipinski definition) is 10. The molecule has 0 unspecified atom stereocenters. The molecular formula is C34H32BrN8O4+. The first-order valence-corrected chi connectivity index (χ1v) is 15.5. The summed E-state index contributed by atoms with van der Waals surface area (Å²) in [5.41, 5.74) is 3.94. The van der Waals surface area contributed by atoms with Crippen LogP contribution in [-0.4, -0.2) is 68.0 Å². The van der Waals surface area contributed by atoms with Crippen LogP contribution in [0.3, 0.4) is 0 Å². The Bertz CT molecular complexity index is 1980. The molecule has 3 aromatic heterocycles. The van der Waals surface area contributed by atoms with E-state index < -0.39 is 4.92 Å². The van der Waals surface area contributed by atoms with E-state index in [1.807, 2.05) is 56.6 Å². The number of aliphatic imine (C=N–C) groups is 1. The molecule has 0 amide bonds. The predicted octanol–water partition coefficient (Wildman–Crippen LogP) is 5.61. The zero-order valence-corrected chi connectivity index (χ0v) is 27.7. The molecule has 1 aliphatic heterocycles. The van der Waals surface area contributed by atoms with Gasteiger partial charge >= 0.3 is 5.82 Å². The van der Waals surface area contributed by atoms with Crippen molar-refractivity contribution in [2.24, 2.45) is 4.99 Å². The van der Waals surface area contributed by atoms with E-state index in [0.29, 0.717) is 64.7 Å². The van der Waals surface area contributed by atoms with Crippen molar-refractivity contribution >= 4 is 49.8 Å². The monoisotopic (exact) mass is 695 g/mol. The number of pyridine rings is 2. The van der Waals surface area contributed by atoms with Crippen LogP contribution >= 0.6 is 15.9 Å². The highest BCUT2D eigenvalue weighted by atomic mass is 79.9. The van der Waals surface area contributed by atoms with Crippen LogP contribution in [0.1, 0.15) is 24.7 Å².